The third-order valence-electron chi connectivity index (χ3n) is 4.44. The molecule has 0 unspecified atom stereocenters. The standard InChI is InChI=1S/C18H24N2O3/c1-22-15-6-7-17-16(10-15)13(11-20-17)8-9-19-18(21)12-23-14-4-2-3-5-14/h6-7,10-11,14,20H,2-5,8-9,12H2,1H3,(H,19,21). The highest BCUT2D eigenvalue weighted by Gasteiger charge is 2.16. The number of ether oxygens (including phenoxy) is 2. The SMILES string of the molecule is COc1ccc2[nH]cc(CCNC(=O)COC3CCCC3)c2c1. The van der Waals surface area contributed by atoms with E-state index >= 15 is 0 Å². The molecule has 5 heteroatoms. The lowest BCUT2D eigenvalue weighted by molar-refractivity contribution is -0.127. The van der Waals surface area contributed by atoms with Gasteiger partial charge in [-0.3, -0.25) is 4.79 Å². The van der Waals surface area contributed by atoms with Gasteiger partial charge in [-0.1, -0.05) is 12.8 Å². The minimum atomic E-state index is -0.0330. The maximum atomic E-state index is 11.8. The first-order valence-corrected chi connectivity index (χ1v) is 8.28. The molecule has 124 valence electrons. The summed E-state index contributed by atoms with van der Waals surface area (Å²) in [4.78, 5) is 15.1. The smallest absolute Gasteiger partial charge is 0.246 e. The zero-order valence-corrected chi connectivity index (χ0v) is 13.6. The van der Waals surface area contributed by atoms with E-state index in [0.29, 0.717) is 6.54 Å². The molecule has 0 atom stereocenters. The van der Waals surface area contributed by atoms with E-state index in [-0.39, 0.29) is 18.6 Å². The topological polar surface area (TPSA) is 63.3 Å². The number of carbonyl (C=O) groups is 1. The molecule has 1 saturated carbocycles. The second-order valence-electron chi connectivity index (χ2n) is 6.04. The molecule has 1 aliphatic carbocycles. The molecule has 1 aliphatic rings. The molecule has 1 amide bonds. The Morgan fingerprint density at radius 3 is 2.96 bits per heavy atom. The fraction of sp³-hybridized carbons (Fsp3) is 0.500. The number of hydrogen-bond donors (Lipinski definition) is 2. The van der Waals surface area contributed by atoms with Crippen LogP contribution in [-0.4, -0.2) is 37.3 Å². The molecular weight excluding hydrogens is 292 g/mol. The molecule has 0 saturated heterocycles. The van der Waals surface area contributed by atoms with Gasteiger partial charge in [0.2, 0.25) is 5.91 Å². The van der Waals surface area contributed by atoms with E-state index in [0.717, 1.165) is 35.9 Å². The Hall–Kier alpha value is -2.01. The van der Waals surface area contributed by atoms with Gasteiger partial charge in [0.15, 0.2) is 0 Å². The molecule has 2 N–H and O–H groups in total. The Bertz CT molecular complexity index is 659. The Morgan fingerprint density at radius 1 is 1.35 bits per heavy atom. The van der Waals surface area contributed by atoms with Gasteiger partial charge in [0.05, 0.1) is 13.2 Å². The lowest BCUT2D eigenvalue weighted by atomic mass is 10.1. The number of methoxy groups -OCH3 is 1. The minimum absolute atomic E-state index is 0.0330. The summed E-state index contributed by atoms with van der Waals surface area (Å²) in [7, 11) is 1.66. The Balaban J connectivity index is 1.47. The highest BCUT2D eigenvalue weighted by molar-refractivity contribution is 5.84. The number of rotatable bonds is 7. The van der Waals surface area contributed by atoms with Crippen molar-refractivity contribution in [1.29, 1.82) is 0 Å². The van der Waals surface area contributed by atoms with E-state index in [1.807, 2.05) is 24.4 Å². The van der Waals surface area contributed by atoms with Gasteiger partial charge in [-0.15, -0.1) is 0 Å². The highest BCUT2D eigenvalue weighted by atomic mass is 16.5. The summed E-state index contributed by atoms with van der Waals surface area (Å²) in [6.07, 6.45) is 7.66. The average molecular weight is 316 g/mol. The van der Waals surface area contributed by atoms with E-state index in [2.05, 4.69) is 10.3 Å². The van der Waals surface area contributed by atoms with Crippen LogP contribution in [-0.2, 0) is 16.0 Å². The number of nitrogens with one attached hydrogen (secondary N) is 2. The number of aromatic amines is 1. The molecule has 0 bridgehead atoms. The summed E-state index contributed by atoms with van der Waals surface area (Å²) in [5.74, 6) is 0.807. The van der Waals surface area contributed by atoms with Crippen LogP contribution in [0.4, 0.5) is 0 Å². The van der Waals surface area contributed by atoms with Crippen molar-refractivity contribution in [3.05, 3.63) is 30.0 Å². The van der Waals surface area contributed by atoms with Crippen LogP contribution in [0.2, 0.25) is 0 Å². The van der Waals surface area contributed by atoms with Crippen LogP contribution in [0.1, 0.15) is 31.2 Å². The normalized spacial score (nSPS) is 15.2. The predicted octanol–water partition coefficient (Wildman–Crippen LogP) is 2.79. The monoisotopic (exact) mass is 316 g/mol. The number of hydrogen-bond acceptors (Lipinski definition) is 3. The van der Waals surface area contributed by atoms with Crippen molar-refractivity contribution in [1.82, 2.24) is 10.3 Å². The second kappa shape index (κ2) is 7.51. The molecule has 1 fully saturated rings. The number of H-pyrrole nitrogens is 1. The van der Waals surface area contributed by atoms with Crippen molar-refractivity contribution in [3.8, 4) is 5.75 Å². The predicted molar refractivity (Wildman–Crippen MR) is 89.8 cm³/mol. The third-order valence-corrected chi connectivity index (χ3v) is 4.44. The summed E-state index contributed by atoms with van der Waals surface area (Å²) in [6, 6.07) is 5.96. The van der Waals surface area contributed by atoms with Crippen molar-refractivity contribution >= 4 is 16.8 Å². The molecule has 5 nitrogen and oxygen atoms in total. The van der Waals surface area contributed by atoms with Crippen LogP contribution >= 0.6 is 0 Å². The van der Waals surface area contributed by atoms with Crippen molar-refractivity contribution in [2.24, 2.45) is 0 Å². The second-order valence-corrected chi connectivity index (χ2v) is 6.04. The summed E-state index contributed by atoms with van der Waals surface area (Å²) in [5, 5.41) is 4.07. The van der Waals surface area contributed by atoms with Crippen LogP contribution < -0.4 is 10.1 Å². The van der Waals surface area contributed by atoms with Gasteiger partial charge in [-0.25, -0.2) is 0 Å². The van der Waals surface area contributed by atoms with E-state index < -0.39 is 0 Å². The molecule has 2 aromatic rings. The fourth-order valence-corrected chi connectivity index (χ4v) is 3.13. The maximum Gasteiger partial charge on any atom is 0.246 e. The van der Waals surface area contributed by atoms with Crippen molar-refractivity contribution in [3.63, 3.8) is 0 Å². The van der Waals surface area contributed by atoms with Gasteiger partial charge in [0.1, 0.15) is 12.4 Å². The average Bonchev–Trinajstić information content (AvgIpc) is 3.22. The zero-order chi connectivity index (χ0) is 16.1. The molecule has 0 radical (unpaired) electrons. The van der Waals surface area contributed by atoms with Crippen LogP contribution in [0.15, 0.2) is 24.4 Å². The van der Waals surface area contributed by atoms with Crippen LogP contribution in [0.25, 0.3) is 10.9 Å². The number of aromatic nitrogens is 1. The van der Waals surface area contributed by atoms with Gasteiger partial charge in [-0.2, -0.15) is 0 Å². The van der Waals surface area contributed by atoms with E-state index in [4.69, 9.17) is 9.47 Å². The van der Waals surface area contributed by atoms with Crippen molar-refractivity contribution in [2.45, 2.75) is 38.2 Å². The van der Waals surface area contributed by atoms with Gasteiger partial charge < -0.3 is 19.8 Å². The lowest BCUT2D eigenvalue weighted by Gasteiger charge is -2.11. The lowest BCUT2D eigenvalue weighted by Crippen LogP contribution is -2.30. The quantitative estimate of drug-likeness (QED) is 0.825. The molecule has 0 aliphatic heterocycles. The molecular formula is C18H24N2O3. The largest absolute Gasteiger partial charge is 0.497 e. The summed E-state index contributed by atoms with van der Waals surface area (Å²) >= 11 is 0. The van der Waals surface area contributed by atoms with Gasteiger partial charge in [0, 0.05) is 23.6 Å². The highest BCUT2D eigenvalue weighted by Crippen LogP contribution is 2.24. The first-order valence-electron chi connectivity index (χ1n) is 8.28. The summed E-state index contributed by atoms with van der Waals surface area (Å²) in [6.45, 7) is 0.781. The Kier molecular flexibility index (Phi) is 5.18. The number of benzene rings is 1. The zero-order valence-electron chi connectivity index (χ0n) is 13.6. The Labute approximate surface area is 136 Å². The maximum absolute atomic E-state index is 11.8. The number of carbonyl (C=O) groups excluding carboxylic acids is 1. The summed E-state index contributed by atoms with van der Waals surface area (Å²) in [5.41, 5.74) is 2.26. The molecule has 23 heavy (non-hydrogen) atoms. The first kappa shape index (κ1) is 15.9. The molecule has 1 aromatic heterocycles. The molecule has 1 aromatic carbocycles. The van der Waals surface area contributed by atoms with E-state index in [1.54, 1.807) is 7.11 Å². The van der Waals surface area contributed by atoms with Gasteiger partial charge >= 0.3 is 0 Å². The fourth-order valence-electron chi connectivity index (χ4n) is 3.13. The molecule has 1 heterocycles. The van der Waals surface area contributed by atoms with Crippen molar-refractivity contribution in [2.75, 3.05) is 20.3 Å². The van der Waals surface area contributed by atoms with Gasteiger partial charge in [0.25, 0.3) is 0 Å². The Morgan fingerprint density at radius 2 is 2.17 bits per heavy atom. The van der Waals surface area contributed by atoms with Crippen molar-refractivity contribution < 1.29 is 14.3 Å². The first-order chi connectivity index (χ1) is 11.3. The van der Waals surface area contributed by atoms with Crippen LogP contribution in [0, 0.1) is 0 Å². The molecule has 0 spiro atoms. The minimum Gasteiger partial charge on any atom is -0.497 e. The van der Waals surface area contributed by atoms with Gasteiger partial charge in [-0.05, 0) is 43.0 Å². The summed E-state index contributed by atoms with van der Waals surface area (Å²) < 4.78 is 10.9. The van der Waals surface area contributed by atoms with E-state index in [9.17, 15) is 4.79 Å². The van der Waals surface area contributed by atoms with Crippen LogP contribution in [0.5, 0.6) is 5.75 Å². The number of fused-ring (bicyclic) bond motifs is 1. The molecule has 3 rings (SSSR count). The third kappa shape index (κ3) is 4.05. The van der Waals surface area contributed by atoms with Crippen LogP contribution in [0.3, 0.4) is 0 Å². The van der Waals surface area contributed by atoms with E-state index in [1.165, 1.54) is 18.4 Å². The number of amides is 1.